The Morgan fingerprint density at radius 3 is 2.57 bits per heavy atom. The average molecular weight is 122 g/mol. The van der Waals surface area contributed by atoms with Gasteiger partial charge in [-0.2, -0.15) is 0 Å². The van der Waals surface area contributed by atoms with Gasteiger partial charge in [-0.1, -0.05) is 0 Å². The highest BCUT2D eigenvalue weighted by atomic mass is 31.1. The van der Waals surface area contributed by atoms with Crippen LogP contribution >= 0.6 is 8.46 Å². The van der Waals surface area contributed by atoms with Crippen LogP contribution in [0, 0.1) is 0 Å². The molecule has 0 fully saturated rings. The highest BCUT2D eigenvalue weighted by Gasteiger charge is 1.80. The Kier molecular flexibility index (Phi) is 6.36. The molecule has 44 valence electrons. The minimum Gasteiger partial charge on any atom is -0.396 e. The molecule has 0 rings (SSSR count). The molecular formula is C4H11O2P. The zero-order valence-corrected chi connectivity index (χ0v) is 5.42. The first-order valence-electron chi connectivity index (χ1n) is 2.46. The maximum Gasteiger partial charge on any atom is 0.0645 e. The second-order valence-electron chi connectivity index (χ2n) is 1.39. The van der Waals surface area contributed by atoms with Crippen LogP contribution in [0.5, 0.6) is 0 Å². The van der Waals surface area contributed by atoms with E-state index in [1.54, 1.807) is 0 Å². The van der Waals surface area contributed by atoms with Crippen molar-refractivity contribution < 1.29 is 9.67 Å². The van der Waals surface area contributed by atoms with E-state index in [1.807, 2.05) is 0 Å². The molecule has 3 heteroatoms. The van der Waals surface area contributed by atoms with Crippen LogP contribution in [0.4, 0.5) is 0 Å². The summed E-state index contributed by atoms with van der Waals surface area (Å²) in [6.45, 7) is 0.236. The van der Waals surface area contributed by atoms with E-state index in [-0.39, 0.29) is 6.61 Å². The van der Waals surface area contributed by atoms with Crippen LogP contribution in [0.15, 0.2) is 0 Å². The molecule has 0 saturated carbocycles. The summed E-state index contributed by atoms with van der Waals surface area (Å²) in [7, 11) is -0.580. The molecule has 0 bridgehead atoms. The molecule has 1 unspecified atom stereocenters. The number of hydrogen-bond acceptors (Lipinski definition) is 2. The number of aliphatic hydroxyl groups excluding tert-OH is 1. The Hall–Kier alpha value is 0.190. The van der Waals surface area contributed by atoms with Gasteiger partial charge < -0.3 is 9.67 Å². The van der Waals surface area contributed by atoms with Gasteiger partial charge in [-0.25, -0.2) is 0 Å². The van der Waals surface area contributed by atoms with E-state index in [0.29, 0.717) is 0 Å². The third kappa shape index (κ3) is 6.19. The molecule has 1 atom stereocenters. The Labute approximate surface area is 44.7 Å². The minimum absolute atomic E-state index is 0.236. The molecule has 7 heavy (non-hydrogen) atoms. The van der Waals surface area contributed by atoms with Crippen molar-refractivity contribution in [1.82, 2.24) is 0 Å². The van der Waals surface area contributed by atoms with Crippen LogP contribution in [-0.2, 0) is 4.57 Å². The van der Waals surface area contributed by atoms with E-state index in [2.05, 4.69) is 0 Å². The van der Waals surface area contributed by atoms with E-state index in [1.165, 1.54) is 0 Å². The van der Waals surface area contributed by atoms with Crippen LogP contribution < -0.4 is 0 Å². The number of rotatable bonds is 4. The third-order valence-electron chi connectivity index (χ3n) is 0.730. The molecule has 0 saturated heterocycles. The van der Waals surface area contributed by atoms with Crippen molar-refractivity contribution in [3.05, 3.63) is 0 Å². The normalized spacial score (nSPS) is 11.0. The van der Waals surface area contributed by atoms with Gasteiger partial charge in [0.1, 0.15) is 0 Å². The van der Waals surface area contributed by atoms with Gasteiger partial charge in [-0.05, 0) is 19.0 Å². The number of aliphatic hydroxyl groups is 1. The first-order chi connectivity index (χ1) is 3.41. The summed E-state index contributed by atoms with van der Waals surface area (Å²) in [6.07, 6.45) is 2.51. The highest BCUT2D eigenvalue weighted by molar-refractivity contribution is 7.23. The summed E-state index contributed by atoms with van der Waals surface area (Å²) in [4.78, 5) is 0. The lowest BCUT2D eigenvalue weighted by Gasteiger charge is -1.86. The lowest BCUT2D eigenvalue weighted by Crippen LogP contribution is -1.81. The van der Waals surface area contributed by atoms with Crippen molar-refractivity contribution in [3.63, 3.8) is 0 Å². The summed E-state index contributed by atoms with van der Waals surface area (Å²) in [6, 6.07) is 0. The largest absolute Gasteiger partial charge is 0.396 e. The average Bonchev–Trinajstić information content (AvgIpc) is 1.69. The molecule has 0 aliphatic rings. The second kappa shape index (κ2) is 6.19. The maximum atomic E-state index is 9.81. The van der Waals surface area contributed by atoms with Gasteiger partial charge in [0.05, 0.1) is 8.46 Å². The number of unbranched alkanes of at least 4 members (excludes halogenated alkanes) is 1. The van der Waals surface area contributed by atoms with E-state index in [0.717, 1.165) is 19.0 Å². The molecule has 0 aromatic heterocycles. The molecule has 0 spiro atoms. The van der Waals surface area contributed by atoms with Crippen molar-refractivity contribution in [2.24, 2.45) is 0 Å². The molecule has 0 aromatic rings. The standard InChI is InChI=1S/C4H11O2P/c5-3-1-2-4-7-6/h5H,1-4,7H2. The second-order valence-corrected chi connectivity index (χ2v) is 2.30. The molecule has 2 nitrogen and oxygen atoms in total. The highest BCUT2D eigenvalue weighted by Crippen LogP contribution is 1.96. The first kappa shape index (κ1) is 7.19. The lowest BCUT2D eigenvalue weighted by molar-refractivity contribution is 0.287. The molecule has 0 aliphatic carbocycles. The molecule has 1 N–H and O–H groups in total. The van der Waals surface area contributed by atoms with Crippen LogP contribution in [0.3, 0.4) is 0 Å². The number of hydrogen-bond donors (Lipinski definition) is 1. The zero-order chi connectivity index (χ0) is 5.54. The smallest absolute Gasteiger partial charge is 0.0645 e. The first-order valence-corrected chi connectivity index (χ1v) is 3.75. The lowest BCUT2D eigenvalue weighted by atomic mass is 10.4. The molecule has 0 amide bonds. The van der Waals surface area contributed by atoms with Crippen molar-refractivity contribution in [2.75, 3.05) is 12.8 Å². The van der Waals surface area contributed by atoms with Crippen LogP contribution in [0.25, 0.3) is 0 Å². The Balaban J connectivity index is 2.56. The van der Waals surface area contributed by atoms with Crippen LogP contribution in [-0.4, -0.2) is 17.9 Å². The molecular weight excluding hydrogens is 111 g/mol. The maximum absolute atomic E-state index is 9.81. The summed E-state index contributed by atoms with van der Waals surface area (Å²) in [5.41, 5.74) is 0. The van der Waals surface area contributed by atoms with E-state index in [9.17, 15) is 4.57 Å². The van der Waals surface area contributed by atoms with Gasteiger partial charge in [0.2, 0.25) is 0 Å². The van der Waals surface area contributed by atoms with E-state index < -0.39 is 8.46 Å². The molecule has 0 aromatic carbocycles. The fourth-order valence-corrected chi connectivity index (χ4v) is 0.795. The van der Waals surface area contributed by atoms with Gasteiger partial charge in [-0.15, -0.1) is 0 Å². The van der Waals surface area contributed by atoms with Gasteiger partial charge in [-0.3, -0.25) is 0 Å². The molecule has 0 heterocycles. The summed E-state index contributed by atoms with van der Waals surface area (Å²) in [5.74, 6) is 0. The van der Waals surface area contributed by atoms with Gasteiger partial charge in [0, 0.05) is 6.61 Å². The van der Waals surface area contributed by atoms with Gasteiger partial charge >= 0.3 is 0 Å². The van der Waals surface area contributed by atoms with Crippen molar-refractivity contribution in [2.45, 2.75) is 12.8 Å². The zero-order valence-electron chi connectivity index (χ0n) is 4.26. The molecule has 0 aliphatic heterocycles. The van der Waals surface area contributed by atoms with Crippen molar-refractivity contribution >= 4 is 8.46 Å². The van der Waals surface area contributed by atoms with Gasteiger partial charge in [0.15, 0.2) is 0 Å². The monoisotopic (exact) mass is 122 g/mol. The predicted octanol–water partition coefficient (Wildman–Crippen LogP) is 0.515. The Bertz CT molecular complexity index is 47.0. The van der Waals surface area contributed by atoms with E-state index >= 15 is 0 Å². The topological polar surface area (TPSA) is 37.3 Å². The fraction of sp³-hybridized carbons (Fsp3) is 1.00. The third-order valence-corrected chi connectivity index (χ3v) is 1.37. The minimum atomic E-state index is -0.580. The quantitative estimate of drug-likeness (QED) is 0.436. The van der Waals surface area contributed by atoms with Crippen LogP contribution in [0.1, 0.15) is 12.8 Å². The summed E-state index contributed by atoms with van der Waals surface area (Å²) < 4.78 is 9.81. The Morgan fingerprint density at radius 2 is 2.14 bits per heavy atom. The molecule has 0 radical (unpaired) electrons. The van der Waals surface area contributed by atoms with Gasteiger partial charge in [0.25, 0.3) is 0 Å². The fourth-order valence-electron chi connectivity index (χ4n) is 0.339. The summed E-state index contributed by atoms with van der Waals surface area (Å²) in [5, 5.41) is 8.20. The van der Waals surface area contributed by atoms with E-state index in [4.69, 9.17) is 5.11 Å². The Morgan fingerprint density at radius 1 is 1.43 bits per heavy atom. The predicted molar refractivity (Wildman–Crippen MR) is 31.6 cm³/mol. The SMILES string of the molecule is O=[PH2]CCCCO. The van der Waals surface area contributed by atoms with Crippen LogP contribution in [0.2, 0.25) is 0 Å². The van der Waals surface area contributed by atoms with Crippen molar-refractivity contribution in [1.29, 1.82) is 0 Å². The summed E-state index contributed by atoms with van der Waals surface area (Å²) >= 11 is 0. The van der Waals surface area contributed by atoms with Crippen molar-refractivity contribution in [3.8, 4) is 0 Å².